The molecule has 1 aromatic heterocycles. The van der Waals surface area contributed by atoms with Gasteiger partial charge in [0.15, 0.2) is 0 Å². The van der Waals surface area contributed by atoms with Crippen molar-refractivity contribution in [3.63, 3.8) is 0 Å². The van der Waals surface area contributed by atoms with Crippen LogP contribution in [0.5, 0.6) is 11.6 Å². The van der Waals surface area contributed by atoms with E-state index in [2.05, 4.69) is 22.9 Å². The molecule has 0 aliphatic carbocycles. The smallest absolute Gasteiger partial charge is 0.315 e. The average molecular weight is 408 g/mol. The second-order valence-corrected chi connectivity index (χ2v) is 7.64. The number of carbonyl (C=O) groups excluding carboxylic acids is 1. The van der Waals surface area contributed by atoms with E-state index in [1.165, 1.54) is 0 Å². The van der Waals surface area contributed by atoms with E-state index < -0.39 is 0 Å². The monoisotopic (exact) mass is 407 g/mol. The number of likely N-dealkylation sites (tertiary alicyclic amines) is 1. The van der Waals surface area contributed by atoms with Crippen molar-refractivity contribution in [1.82, 2.24) is 14.8 Å². The Morgan fingerprint density at radius 3 is 2.57 bits per heavy atom. The molecule has 7 nitrogen and oxygen atoms in total. The van der Waals surface area contributed by atoms with E-state index in [-0.39, 0.29) is 12.1 Å². The number of primary amides is 1. The number of nitriles is 1. The van der Waals surface area contributed by atoms with Gasteiger partial charge in [0.25, 0.3) is 0 Å². The molecule has 0 bridgehead atoms. The lowest BCUT2D eigenvalue weighted by Crippen LogP contribution is -2.49. The van der Waals surface area contributed by atoms with Crippen LogP contribution < -0.4 is 10.5 Å². The molecule has 1 aromatic carbocycles. The van der Waals surface area contributed by atoms with Crippen LogP contribution in [0.4, 0.5) is 4.79 Å². The fourth-order valence-electron chi connectivity index (χ4n) is 3.73. The zero-order valence-corrected chi connectivity index (χ0v) is 17.5. The Balaban J connectivity index is 1.49. The minimum atomic E-state index is -0.302. The minimum absolute atomic E-state index is 0.242. The van der Waals surface area contributed by atoms with Crippen molar-refractivity contribution in [2.24, 2.45) is 5.73 Å². The van der Waals surface area contributed by atoms with E-state index in [4.69, 9.17) is 15.7 Å². The molecule has 2 aromatic rings. The van der Waals surface area contributed by atoms with E-state index in [0.29, 0.717) is 17.2 Å². The summed E-state index contributed by atoms with van der Waals surface area (Å²) in [5, 5.41) is 8.85. The highest BCUT2D eigenvalue weighted by atomic mass is 16.5. The lowest BCUT2D eigenvalue weighted by Gasteiger charge is -2.37. The molecule has 0 atom stereocenters. The van der Waals surface area contributed by atoms with E-state index in [9.17, 15) is 4.79 Å². The highest BCUT2D eigenvalue weighted by Crippen LogP contribution is 2.22. The molecule has 1 fully saturated rings. The number of nitrogens with zero attached hydrogens (tertiary/aromatic N) is 4. The Morgan fingerprint density at radius 1 is 1.27 bits per heavy atom. The molecule has 1 saturated heterocycles. The number of nitrogens with two attached hydrogens (primary N) is 1. The number of urea groups is 1. The van der Waals surface area contributed by atoms with Crippen LogP contribution in [0.15, 0.2) is 42.6 Å². The fourth-order valence-corrected chi connectivity index (χ4v) is 3.73. The first-order valence-electron chi connectivity index (χ1n) is 10.5. The quantitative estimate of drug-likeness (QED) is 0.716. The standard InChI is InChI=1S/C23H29N5O2/c1-2-3-12-28(23(25)29)20-10-13-27(14-11-20)17-19-6-9-22(26-16-19)30-21-7-4-18(15-24)5-8-21/h4-9,16,20H,2-3,10-14,17H2,1H3,(H2,25,29). The lowest BCUT2D eigenvalue weighted by molar-refractivity contribution is 0.120. The van der Waals surface area contributed by atoms with Crippen molar-refractivity contribution in [2.45, 2.75) is 45.2 Å². The number of amides is 2. The van der Waals surface area contributed by atoms with Gasteiger partial charge < -0.3 is 15.4 Å². The first kappa shape index (κ1) is 21.6. The summed E-state index contributed by atoms with van der Waals surface area (Å²) in [6.45, 7) is 5.56. The highest BCUT2D eigenvalue weighted by molar-refractivity contribution is 5.72. The summed E-state index contributed by atoms with van der Waals surface area (Å²) >= 11 is 0. The topological polar surface area (TPSA) is 95.5 Å². The van der Waals surface area contributed by atoms with E-state index in [1.54, 1.807) is 24.3 Å². The Kier molecular flexibility index (Phi) is 7.63. The van der Waals surface area contributed by atoms with Gasteiger partial charge in [0.1, 0.15) is 5.75 Å². The highest BCUT2D eigenvalue weighted by Gasteiger charge is 2.26. The predicted octanol–water partition coefficient (Wildman–Crippen LogP) is 3.89. The number of hydrogen-bond donors (Lipinski definition) is 1. The normalized spacial score (nSPS) is 14.8. The Hall–Kier alpha value is -3.11. The first-order chi connectivity index (χ1) is 14.6. The summed E-state index contributed by atoms with van der Waals surface area (Å²) in [7, 11) is 0. The molecule has 2 heterocycles. The van der Waals surface area contributed by atoms with Crippen molar-refractivity contribution in [2.75, 3.05) is 19.6 Å². The molecule has 1 aliphatic rings. The van der Waals surface area contributed by atoms with E-state index >= 15 is 0 Å². The molecule has 0 radical (unpaired) electrons. The molecule has 30 heavy (non-hydrogen) atoms. The molecule has 158 valence electrons. The maximum atomic E-state index is 11.8. The van der Waals surface area contributed by atoms with Crippen molar-refractivity contribution >= 4 is 6.03 Å². The second-order valence-electron chi connectivity index (χ2n) is 7.64. The van der Waals surface area contributed by atoms with Gasteiger partial charge in [-0.15, -0.1) is 0 Å². The third kappa shape index (κ3) is 5.94. The van der Waals surface area contributed by atoms with Gasteiger partial charge in [-0.25, -0.2) is 9.78 Å². The maximum Gasteiger partial charge on any atom is 0.315 e. The Bertz CT molecular complexity index is 853. The van der Waals surface area contributed by atoms with Gasteiger partial charge in [-0.05, 0) is 49.1 Å². The fraction of sp³-hybridized carbons (Fsp3) is 0.435. The second kappa shape index (κ2) is 10.6. The van der Waals surface area contributed by atoms with Gasteiger partial charge in [0.05, 0.1) is 11.6 Å². The number of unbranched alkanes of at least 4 members (excludes halogenated alkanes) is 1. The number of rotatable bonds is 8. The van der Waals surface area contributed by atoms with Gasteiger partial charge >= 0.3 is 6.03 Å². The lowest BCUT2D eigenvalue weighted by atomic mass is 10.0. The van der Waals surface area contributed by atoms with Gasteiger partial charge in [0, 0.05) is 44.5 Å². The summed E-state index contributed by atoms with van der Waals surface area (Å²) in [6, 6.07) is 12.9. The number of carbonyl (C=O) groups is 1. The summed E-state index contributed by atoms with van der Waals surface area (Å²) in [4.78, 5) is 20.4. The van der Waals surface area contributed by atoms with Crippen LogP contribution in [-0.2, 0) is 6.54 Å². The van der Waals surface area contributed by atoms with E-state index in [1.807, 2.05) is 23.2 Å². The van der Waals surface area contributed by atoms with Crippen LogP contribution in [0.2, 0.25) is 0 Å². The van der Waals surface area contributed by atoms with Crippen LogP contribution >= 0.6 is 0 Å². The molecular formula is C23H29N5O2. The zero-order valence-electron chi connectivity index (χ0n) is 17.5. The molecule has 0 saturated carbocycles. The number of hydrogen-bond acceptors (Lipinski definition) is 5. The molecule has 7 heteroatoms. The number of ether oxygens (including phenoxy) is 1. The average Bonchev–Trinajstić information content (AvgIpc) is 2.77. The summed E-state index contributed by atoms with van der Waals surface area (Å²) in [5.74, 6) is 1.17. The molecule has 0 spiro atoms. The zero-order chi connectivity index (χ0) is 21.3. The number of pyridine rings is 1. The molecule has 1 aliphatic heterocycles. The molecule has 3 rings (SSSR count). The number of benzene rings is 1. The van der Waals surface area contributed by atoms with Crippen molar-refractivity contribution < 1.29 is 9.53 Å². The van der Waals surface area contributed by atoms with Gasteiger partial charge in [0.2, 0.25) is 5.88 Å². The first-order valence-corrected chi connectivity index (χ1v) is 10.5. The summed E-state index contributed by atoms with van der Waals surface area (Å²) < 4.78 is 5.73. The Morgan fingerprint density at radius 2 is 2.00 bits per heavy atom. The summed E-state index contributed by atoms with van der Waals surface area (Å²) in [5.41, 5.74) is 7.31. The number of aromatic nitrogens is 1. The van der Waals surface area contributed by atoms with Crippen LogP contribution in [0.1, 0.15) is 43.7 Å². The van der Waals surface area contributed by atoms with Crippen molar-refractivity contribution in [3.8, 4) is 17.7 Å². The van der Waals surface area contributed by atoms with E-state index in [0.717, 1.165) is 57.4 Å². The van der Waals surface area contributed by atoms with Crippen LogP contribution in [0.25, 0.3) is 0 Å². The van der Waals surface area contributed by atoms with Crippen molar-refractivity contribution in [3.05, 3.63) is 53.7 Å². The van der Waals surface area contributed by atoms with Gasteiger partial charge in [-0.3, -0.25) is 4.90 Å². The molecule has 2 amide bonds. The molecule has 0 unspecified atom stereocenters. The number of piperidine rings is 1. The minimum Gasteiger partial charge on any atom is -0.439 e. The third-order valence-electron chi connectivity index (χ3n) is 5.44. The third-order valence-corrected chi connectivity index (χ3v) is 5.44. The van der Waals surface area contributed by atoms with Crippen LogP contribution in [-0.4, -0.2) is 46.5 Å². The largest absolute Gasteiger partial charge is 0.439 e. The van der Waals surface area contributed by atoms with Gasteiger partial charge in [-0.1, -0.05) is 19.4 Å². The SMILES string of the molecule is CCCCN(C(N)=O)C1CCN(Cc2ccc(Oc3ccc(C#N)cc3)nc2)CC1. The summed E-state index contributed by atoms with van der Waals surface area (Å²) in [6.07, 6.45) is 5.77. The maximum absolute atomic E-state index is 11.8. The van der Waals surface area contributed by atoms with Crippen molar-refractivity contribution in [1.29, 1.82) is 5.26 Å². The molecule has 2 N–H and O–H groups in total. The Labute approximate surface area is 178 Å². The van der Waals surface area contributed by atoms with Gasteiger partial charge in [-0.2, -0.15) is 5.26 Å². The molecular weight excluding hydrogens is 378 g/mol. The predicted molar refractivity (Wildman–Crippen MR) is 115 cm³/mol. The van der Waals surface area contributed by atoms with Crippen LogP contribution in [0.3, 0.4) is 0 Å². The van der Waals surface area contributed by atoms with Crippen LogP contribution in [0, 0.1) is 11.3 Å².